The molecule has 0 saturated carbocycles. The molecule has 1 heterocycles. The van der Waals surface area contributed by atoms with Gasteiger partial charge in [0.25, 0.3) is 0 Å². The highest BCUT2D eigenvalue weighted by Crippen LogP contribution is 2.16. The molecule has 1 aromatic heterocycles. The third kappa shape index (κ3) is 5.89. The fourth-order valence-electron chi connectivity index (χ4n) is 2.53. The minimum Gasteiger partial charge on any atom is -0.492 e. The highest BCUT2D eigenvalue weighted by Gasteiger charge is 2.12. The second-order valence-corrected chi connectivity index (χ2v) is 6.63. The van der Waals surface area contributed by atoms with E-state index in [1.165, 1.54) is 5.56 Å². The zero-order valence-corrected chi connectivity index (χ0v) is 15.6. The lowest BCUT2D eigenvalue weighted by molar-refractivity contribution is -0.121. The van der Waals surface area contributed by atoms with E-state index in [1.807, 2.05) is 31.2 Å². The average Bonchev–Trinajstić information content (AvgIpc) is 2.60. The fourth-order valence-corrected chi connectivity index (χ4v) is 2.53. The summed E-state index contributed by atoms with van der Waals surface area (Å²) in [4.78, 5) is 16.6. The van der Waals surface area contributed by atoms with Crippen molar-refractivity contribution in [3.05, 3.63) is 59.4 Å². The monoisotopic (exact) mass is 340 g/mol. The van der Waals surface area contributed by atoms with E-state index in [4.69, 9.17) is 4.74 Å². The van der Waals surface area contributed by atoms with Crippen LogP contribution in [0.15, 0.2) is 42.6 Å². The number of carbonyl (C=O) groups is 1. The SMILES string of the molecule is CCCOc1ccc([C@@H](C)NC(=O)Cc2ccc(C(C)C)cc2)nc1. The van der Waals surface area contributed by atoms with Crippen molar-refractivity contribution in [2.75, 3.05) is 6.61 Å². The molecule has 2 aromatic rings. The molecule has 0 spiro atoms. The molecule has 25 heavy (non-hydrogen) atoms. The van der Waals surface area contributed by atoms with Crippen LogP contribution in [-0.2, 0) is 11.2 Å². The van der Waals surface area contributed by atoms with Crippen molar-refractivity contribution in [2.24, 2.45) is 0 Å². The molecular formula is C21H28N2O2. The van der Waals surface area contributed by atoms with E-state index in [-0.39, 0.29) is 11.9 Å². The third-order valence-electron chi connectivity index (χ3n) is 4.06. The number of benzene rings is 1. The first-order valence-corrected chi connectivity index (χ1v) is 8.96. The van der Waals surface area contributed by atoms with E-state index in [9.17, 15) is 4.79 Å². The summed E-state index contributed by atoms with van der Waals surface area (Å²) in [5, 5.41) is 3.00. The van der Waals surface area contributed by atoms with Gasteiger partial charge in [0, 0.05) is 0 Å². The van der Waals surface area contributed by atoms with Gasteiger partial charge in [0.05, 0.1) is 31.0 Å². The van der Waals surface area contributed by atoms with Gasteiger partial charge in [-0.15, -0.1) is 0 Å². The number of rotatable bonds is 8. The van der Waals surface area contributed by atoms with Crippen molar-refractivity contribution in [3.63, 3.8) is 0 Å². The Hall–Kier alpha value is -2.36. The van der Waals surface area contributed by atoms with Crippen molar-refractivity contribution >= 4 is 5.91 Å². The number of nitrogens with one attached hydrogen (secondary N) is 1. The van der Waals surface area contributed by atoms with Crippen LogP contribution in [0.1, 0.15) is 62.9 Å². The van der Waals surface area contributed by atoms with Crippen molar-refractivity contribution in [1.29, 1.82) is 0 Å². The maximum Gasteiger partial charge on any atom is 0.224 e. The Morgan fingerprint density at radius 2 is 1.84 bits per heavy atom. The first-order chi connectivity index (χ1) is 12.0. The lowest BCUT2D eigenvalue weighted by Crippen LogP contribution is -2.28. The lowest BCUT2D eigenvalue weighted by Gasteiger charge is -2.14. The van der Waals surface area contributed by atoms with Crippen molar-refractivity contribution in [2.45, 2.75) is 52.5 Å². The molecule has 134 valence electrons. The minimum atomic E-state index is -0.136. The standard InChI is InChI=1S/C21H28N2O2/c1-5-12-25-19-10-11-20(22-14-19)16(4)23-21(24)13-17-6-8-18(9-7-17)15(2)3/h6-11,14-16H,5,12-13H2,1-4H3,(H,23,24)/t16-/m1/s1. The first kappa shape index (κ1) is 19.0. The van der Waals surface area contributed by atoms with Gasteiger partial charge in [-0.05, 0) is 42.5 Å². The van der Waals surface area contributed by atoms with Gasteiger partial charge in [-0.3, -0.25) is 9.78 Å². The Morgan fingerprint density at radius 3 is 2.40 bits per heavy atom. The summed E-state index contributed by atoms with van der Waals surface area (Å²) in [6.07, 6.45) is 3.05. The van der Waals surface area contributed by atoms with Gasteiger partial charge in [-0.1, -0.05) is 45.0 Å². The van der Waals surface area contributed by atoms with Crippen LogP contribution in [-0.4, -0.2) is 17.5 Å². The second kappa shape index (κ2) is 9.21. The van der Waals surface area contributed by atoms with Crippen molar-refractivity contribution in [1.82, 2.24) is 10.3 Å². The van der Waals surface area contributed by atoms with Crippen LogP contribution < -0.4 is 10.1 Å². The maximum absolute atomic E-state index is 12.3. The summed E-state index contributed by atoms with van der Waals surface area (Å²) < 4.78 is 5.53. The molecule has 4 nitrogen and oxygen atoms in total. The van der Waals surface area contributed by atoms with Crippen LogP contribution in [0.25, 0.3) is 0 Å². The normalized spacial score (nSPS) is 12.0. The van der Waals surface area contributed by atoms with Gasteiger partial charge in [-0.2, -0.15) is 0 Å². The number of hydrogen-bond donors (Lipinski definition) is 1. The second-order valence-electron chi connectivity index (χ2n) is 6.63. The summed E-state index contributed by atoms with van der Waals surface area (Å²) in [7, 11) is 0. The summed E-state index contributed by atoms with van der Waals surface area (Å²) >= 11 is 0. The first-order valence-electron chi connectivity index (χ1n) is 8.96. The van der Waals surface area contributed by atoms with E-state index in [0.717, 1.165) is 23.4 Å². The molecule has 4 heteroatoms. The fraction of sp³-hybridized carbons (Fsp3) is 0.429. The summed E-state index contributed by atoms with van der Waals surface area (Å²) in [6.45, 7) is 9.01. The quantitative estimate of drug-likeness (QED) is 0.774. The molecule has 0 aliphatic carbocycles. The third-order valence-corrected chi connectivity index (χ3v) is 4.06. The Balaban J connectivity index is 1.88. The summed E-state index contributed by atoms with van der Waals surface area (Å²) in [5.41, 5.74) is 3.13. The van der Waals surface area contributed by atoms with E-state index in [2.05, 4.69) is 43.2 Å². The predicted octanol–water partition coefficient (Wildman–Crippen LogP) is 4.41. The van der Waals surface area contributed by atoms with Crippen LogP contribution in [0.3, 0.4) is 0 Å². The highest BCUT2D eigenvalue weighted by molar-refractivity contribution is 5.78. The molecule has 0 aliphatic heterocycles. The Kier molecular flexibility index (Phi) is 6.99. The van der Waals surface area contributed by atoms with Crippen LogP contribution in [0.5, 0.6) is 5.75 Å². The summed E-state index contributed by atoms with van der Waals surface area (Å²) in [5.74, 6) is 1.26. The van der Waals surface area contributed by atoms with E-state index < -0.39 is 0 Å². The molecule has 1 aromatic carbocycles. The molecule has 0 unspecified atom stereocenters. The lowest BCUT2D eigenvalue weighted by atomic mass is 10.0. The Morgan fingerprint density at radius 1 is 1.12 bits per heavy atom. The van der Waals surface area contributed by atoms with Crippen LogP contribution in [0.2, 0.25) is 0 Å². The maximum atomic E-state index is 12.3. The van der Waals surface area contributed by atoms with Crippen LogP contribution >= 0.6 is 0 Å². The molecule has 0 fully saturated rings. The number of ether oxygens (including phenoxy) is 1. The molecule has 0 saturated heterocycles. The number of aromatic nitrogens is 1. The van der Waals surface area contributed by atoms with Crippen molar-refractivity contribution in [3.8, 4) is 5.75 Å². The van der Waals surface area contributed by atoms with Crippen molar-refractivity contribution < 1.29 is 9.53 Å². The van der Waals surface area contributed by atoms with Crippen LogP contribution in [0.4, 0.5) is 0 Å². The molecule has 0 radical (unpaired) electrons. The topological polar surface area (TPSA) is 51.2 Å². The van der Waals surface area contributed by atoms with Gasteiger partial charge in [0.15, 0.2) is 0 Å². The van der Waals surface area contributed by atoms with Crippen LogP contribution in [0, 0.1) is 0 Å². The Bertz CT molecular complexity index is 663. The molecule has 0 bridgehead atoms. The van der Waals surface area contributed by atoms with Gasteiger partial charge in [-0.25, -0.2) is 0 Å². The zero-order chi connectivity index (χ0) is 18.2. The average molecular weight is 340 g/mol. The smallest absolute Gasteiger partial charge is 0.224 e. The summed E-state index contributed by atoms with van der Waals surface area (Å²) in [6, 6.07) is 11.9. The molecule has 1 N–H and O–H groups in total. The van der Waals surface area contributed by atoms with Gasteiger partial charge >= 0.3 is 0 Å². The Labute approximate surface area is 150 Å². The van der Waals surface area contributed by atoms with E-state index in [0.29, 0.717) is 18.9 Å². The number of amides is 1. The zero-order valence-electron chi connectivity index (χ0n) is 15.6. The van der Waals surface area contributed by atoms with Gasteiger partial charge in [0.1, 0.15) is 5.75 Å². The largest absolute Gasteiger partial charge is 0.492 e. The number of carbonyl (C=O) groups excluding carboxylic acids is 1. The molecule has 1 amide bonds. The molecule has 2 rings (SSSR count). The molecule has 1 atom stereocenters. The molecular weight excluding hydrogens is 312 g/mol. The van der Waals surface area contributed by atoms with E-state index >= 15 is 0 Å². The number of nitrogens with zero attached hydrogens (tertiary/aromatic N) is 1. The van der Waals surface area contributed by atoms with E-state index in [1.54, 1.807) is 6.20 Å². The van der Waals surface area contributed by atoms with Gasteiger partial charge in [0.2, 0.25) is 5.91 Å². The number of hydrogen-bond acceptors (Lipinski definition) is 3. The van der Waals surface area contributed by atoms with Gasteiger partial charge < -0.3 is 10.1 Å². The number of pyridine rings is 1. The molecule has 0 aliphatic rings. The predicted molar refractivity (Wildman–Crippen MR) is 101 cm³/mol. The minimum absolute atomic E-state index is 0.00194. The highest BCUT2D eigenvalue weighted by atomic mass is 16.5.